The Kier molecular flexibility index (Phi) is 10.1. The van der Waals surface area contributed by atoms with Gasteiger partial charge in [-0.2, -0.15) is 0 Å². The Morgan fingerprint density at radius 2 is 1.62 bits per heavy atom. The molecule has 10 heteroatoms. The van der Waals surface area contributed by atoms with Crippen LogP contribution in [0.2, 0.25) is 0 Å². The number of sulfone groups is 1. The molecule has 1 unspecified atom stereocenters. The Balaban J connectivity index is 1.43. The van der Waals surface area contributed by atoms with E-state index in [1.54, 1.807) is 32.7 Å². The molecule has 0 amide bonds. The van der Waals surface area contributed by atoms with Crippen LogP contribution in [0, 0.1) is 0 Å². The van der Waals surface area contributed by atoms with Crippen LogP contribution in [-0.4, -0.2) is 51.1 Å². The number of hydrogen-bond acceptors (Lipinski definition) is 8. The minimum atomic E-state index is -3.80. The zero-order chi connectivity index (χ0) is 37.4. The maximum Gasteiger partial charge on any atom is 0.340 e. The molecule has 0 aliphatic carbocycles. The third kappa shape index (κ3) is 6.82. The molecule has 0 saturated heterocycles. The van der Waals surface area contributed by atoms with E-state index in [1.165, 1.54) is 7.11 Å². The third-order valence-electron chi connectivity index (χ3n) is 9.68. The molecule has 0 spiro atoms. The normalized spacial score (nSPS) is 12.5. The number of esters is 1. The van der Waals surface area contributed by atoms with Crippen molar-refractivity contribution in [3.05, 3.63) is 108 Å². The van der Waals surface area contributed by atoms with Gasteiger partial charge in [0.05, 0.1) is 48.5 Å². The van der Waals surface area contributed by atoms with E-state index < -0.39 is 15.8 Å². The van der Waals surface area contributed by atoms with E-state index in [4.69, 9.17) is 14.2 Å². The summed E-state index contributed by atoms with van der Waals surface area (Å²) in [6.45, 7) is 10.5. The van der Waals surface area contributed by atoms with Gasteiger partial charge in [0.2, 0.25) is 0 Å². The molecule has 0 aliphatic rings. The Hall–Kier alpha value is -5.35. The second kappa shape index (κ2) is 14.3. The van der Waals surface area contributed by atoms with E-state index in [2.05, 4.69) is 44.9 Å². The molecule has 270 valence electrons. The van der Waals surface area contributed by atoms with Crippen LogP contribution in [-0.2, 0) is 20.0 Å². The number of methoxy groups -OCH3 is 3. The number of imidazole rings is 1. The van der Waals surface area contributed by atoms with Crippen molar-refractivity contribution in [2.75, 3.05) is 32.5 Å². The summed E-state index contributed by atoms with van der Waals surface area (Å²) in [5, 5.41) is 4.84. The Labute approximate surface area is 305 Å². The molecule has 1 heterocycles. The molecule has 52 heavy (non-hydrogen) atoms. The van der Waals surface area contributed by atoms with Gasteiger partial charge in [-0.15, -0.1) is 0 Å². The first-order valence-electron chi connectivity index (χ1n) is 17.3. The molecule has 0 fully saturated rings. The van der Waals surface area contributed by atoms with E-state index in [-0.39, 0.29) is 22.1 Å². The summed E-state index contributed by atoms with van der Waals surface area (Å²) in [4.78, 5) is 18.5. The summed E-state index contributed by atoms with van der Waals surface area (Å²) < 4.78 is 46.3. The highest BCUT2D eigenvalue weighted by atomic mass is 32.2. The second-order valence-corrected chi connectivity index (χ2v) is 16.0. The fourth-order valence-electron chi connectivity index (χ4n) is 6.67. The molecular formula is C42H45N3O6S. The van der Waals surface area contributed by atoms with Crippen LogP contribution in [0.4, 0.5) is 5.69 Å². The molecule has 6 rings (SSSR count). The molecular weight excluding hydrogens is 675 g/mol. The van der Waals surface area contributed by atoms with Gasteiger partial charge in [0, 0.05) is 5.69 Å². The number of benzene rings is 5. The average molecular weight is 720 g/mol. The number of ether oxygens (including phenoxy) is 3. The van der Waals surface area contributed by atoms with Gasteiger partial charge >= 0.3 is 5.97 Å². The van der Waals surface area contributed by atoms with Gasteiger partial charge < -0.3 is 19.5 Å². The monoisotopic (exact) mass is 719 g/mol. The lowest BCUT2D eigenvalue weighted by molar-refractivity contribution is 0.0601. The van der Waals surface area contributed by atoms with Gasteiger partial charge in [-0.25, -0.2) is 18.2 Å². The van der Waals surface area contributed by atoms with Gasteiger partial charge in [0.25, 0.3) is 0 Å². The number of nitrogens with zero attached hydrogens (tertiary/aromatic N) is 2. The smallest absolute Gasteiger partial charge is 0.340 e. The van der Waals surface area contributed by atoms with Gasteiger partial charge in [0.15, 0.2) is 21.3 Å². The van der Waals surface area contributed by atoms with Crippen molar-refractivity contribution in [1.29, 1.82) is 0 Å². The van der Waals surface area contributed by atoms with E-state index in [0.29, 0.717) is 39.5 Å². The first kappa shape index (κ1) is 36.4. The van der Waals surface area contributed by atoms with Crippen LogP contribution in [0.1, 0.15) is 68.4 Å². The molecule has 0 saturated carbocycles. The molecule has 0 aliphatic heterocycles. The van der Waals surface area contributed by atoms with Crippen LogP contribution in [0.5, 0.6) is 11.5 Å². The molecule has 6 aromatic rings. The number of anilines is 1. The lowest BCUT2D eigenvalue weighted by Gasteiger charge is -2.27. The number of aromatic nitrogens is 2. The topological polar surface area (TPSA) is 109 Å². The fraction of sp³-hybridized carbons (Fsp3) is 0.286. The second-order valence-electron chi connectivity index (χ2n) is 14.0. The number of carbonyl (C=O) groups excluding carboxylic acids is 1. The van der Waals surface area contributed by atoms with Crippen molar-refractivity contribution >= 4 is 43.3 Å². The highest BCUT2D eigenvalue weighted by molar-refractivity contribution is 7.91. The van der Waals surface area contributed by atoms with E-state index in [9.17, 15) is 13.2 Å². The quantitative estimate of drug-likeness (QED) is 0.132. The summed E-state index contributed by atoms with van der Waals surface area (Å²) in [5.74, 6) is 0.425. The Bertz CT molecular complexity index is 2400. The van der Waals surface area contributed by atoms with E-state index >= 15 is 0 Å². The van der Waals surface area contributed by atoms with Crippen molar-refractivity contribution in [1.82, 2.24) is 9.55 Å². The van der Waals surface area contributed by atoms with Crippen molar-refractivity contribution in [2.45, 2.75) is 57.3 Å². The SMILES string of the molecule is CCC(C)c1cc(S(=O)(=O)CNc2ccc3ncn(-c4c(C(C)(C)C)ccc(-c5ccccc5)c4C(=O)OC)c3c2)cc2cc(OC)c(OC)cc12. The highest BCUT2D eigenvalue weighted by Crippen LogP contribution is 2.40. The lowest BCUT2D eigenvalue weighted by atomic mass is 9.82. The molecule has 5 aromatic carbocycles. The predicted octanol–water partition coefficient (Wildman–Crippen LogP) is 9.30. The molecule has 0 radical (unpaired) electrons. The number of carbonyl (C=O) groups is 1. The van der Waals surface area contributed by atoms with Crippen LogP contribution < -0.4 is 14.8 Å². The summed E-state index contributed by atoms with van der Waals surface area (Å²) in [7, 11) is 0.731. The number of fused-ring (bicyclic) bond motifs is 2. The number of hydrogen-bond donors (Lipinski definition) is 1. The summed E-state index contributed by atoms with van der Waals surface area (Å²) >= 11 is 0. The standard InChI is InChI=1S/C42H45N3O6S/c1-9-26(2)32-22-30(19-28-20-37(49-6)38(50-7)23-33(28)32)52(47,48)25-44-29-15-18-35-36(21-29)45(24-43-35)40-34(42(3,4)5)17-16-31(39(40)41(46)51-8)27-13-11-10-12-14-27/h10-24,26,44H,9,25H2,1-8H3. The van der Waals surface area contributed by atoms with Crippen molar-refractivity contribution in [2.24, 2.45) is 0 Å². The largest absolute Gasteiger partial charge is 0.493 e. The van der Waals surface area contributed by atoms with Crippen molar-refractivity contribution < 1.29 is 27.4 Å². The first-order chi connectivity index (χ1) is 24.8. The Morgan fingerprint density at radius 1 is 0.904 bits per heavy atom. The molecule has 1 N–H and O–H groups in total. The molecule has 0 bridgehead atoms. The maximum atomic E-state index is 14.0. The van der Waals surface area contributed by atoms with Crippen LogP contribution in [0.25, 0.3) is 38.6 Å². The lowest BCUT2D eigenvalue weighted by Crippen LogP contribution is -2.20. The predicted molar refractivity (Wildman–Crippen MR) is 208 cm³/mol. The summed E-state index contributed by atoms with van der Waals surface area (Å²) in [5.41, 5.74) is 6.18. The zero-order valence-corrected chi connectivity index (χ0v) is 31.7. The van der Waals surface area contributed by atoms with Gasteiger partial charge in [-0.05, 0) is 93.2 Å². The van der Waals surface area contributed by atoms with E-state index in [0.717, 1.165) is 39.4 Å². The summed E-state index contributed by atoms with van der Waals surface area (Å²) in [6, 6.07) is 26.5. The fourth-order valence-corrected chi connectivity index (χ4v) is 7.80. The highest BCUT2D eigenvalue weighted by Gasteiger charge is 2.29. The van der Waals surface area contributed by atoms with Gasteiger partial charge in [0.1, 0.15) is 12.2 Å². The van der Waals surface area contributed by atoms with Crippen LogP contribution in [0.3, 0.4) is 0 Å². The Morgan fingerprint density at radius 3 is 2.27 bits per heavy atom. The average Bonchev–Trinajstić information content (AvgIpc) is 3.57. The number of nitrogens with one attached hydrogen (secondary N) is 1. The molecule has 1 atom stereocenters. The summed E-state index contributed by atoms with van der Waals surface area (Å²) in [6.07, 6.45) is 2.54. The van der Waals surface area contributed by atoms with Gasteiger partial charge in [-0.3, -0.25) is 4.57 Å². The van der Waals surface area contributed by atoms with E-state index in [1.807, 2.05) is 77.4 Å². The van der Waals surface area contributed by atoms with Crippen LogP contribution >= 0.6 is 0 Å². The van der Waals surface area contributed by atoms with Crippen molar-refractivity contribution in [3.8, 4) is 28.3 Å². The number of rotatable bonds is 11. The molecule has 1 aromatic heterocycles. The van der Waals surface area contributed by atoms with Crippen LogP contribution in [0.15, 0.2) is 96.2 Å². The third-order valence-corrected chi connectivity index (χ3v) is 11.2. The molecule has 9 nitrogen and oxygen atoms in total. The first-order valence-corrected chi connectivity index (χ1v) is 18.9. The van der Waals surface area contributed by atoms with Gasteiger partial charge in [-0.1, -0.05) is 77.1 Å². The maximum absolute atomic E-state index is 14.0. The zero-order valence-electron chi connectivity index (χ0n) is 30.9. The minimum Gasteiger partial charge on any atom is -0.493 e. The van der Waals surface area contributed by atoms with Crippen molar-refractivity contribution in [3.63, 3.8) is 0 Å². The minimum absolute atomic E-state index is 0.111.